The normalized spacial score (nSPS) is 16.8. The van der Waals surface area contributed by atoms with E-state index in [9.17, 15) is 0 Å². The Balaban J connectivity index is 1.58. The second-order valence-electron chi connectivity index (χ2n) is 6.75. The number of aryl methyl sites for hydroxylation is 1. The molecule has 0 spiro atoms. The summed E-state index contributed by atoms with van der Waals surface area (Å²) in [6.07, 6.45) is 7.23. The number of hydrogen-bond donors (Lipinski definition) is 1. The third-order valence-electron chi connectivity index (χ3n) is 4.96. The quantitative estimate of drug-likeness (QED) is 0.758. The molecule has 0 saturated carbocycles. The molecule has 0 amide bonds. The monoisotopic (exact) mass is 336 g/mol. The largest absolute Gasteiger partial charge is 0.468 e. The van der Waals surface area contributed by atoms with Crippen molar-refractivity contribution < 1.29 is 4.42 Å². The van der Waals surface area contributed by atoms with E-state index in [1.807, 2.05) is 12.1 Å². The summed E-state index contributed by atoms with van der Waals surface area (Å²) in [6, 6.07) is 10.5. The van der Waals surface area contributed by atoms with Crippen LogP contribution in [0, 0.1) is 6.92 Å². The van der Waals surface area contributed by atoms with Gasteiger partial charge in [-0.1, -0.05) is 18.1 Å². The Morgan fingerprint density at radius 3 is 2.84 bits per heavy atom. The molecule has 3 heterocycles. The molecule has 1 aliphatic rings. The first-order valence-electron chi connectivity index (χ1n) is 9.04. The van der Waals surface area contributed by atoms with Gasteiger partial charge in [0.2, 0.25) is 0 Å². The van der Waals surface area contributed by atoms with E-state index in [4.69, 9.17) is 4.42 Å². The second kappa shape index (κ2) is 7.23. The van der Waals surface area contributed by atoms with E-state index in [0.29, 0.717) is 0 Å². The maximum Gasteiger partial charge on any atom is 0.137 e. The number of benzene rings is 1. The van der Waals surface area contributed by atoms with Crippen LogP contribution in [-0.4, -0.2) is 34.5 Å². The van der Waals surface area contributed by atoms with Gasteiger partial charge in [0.15, 0.2) is 0 Å². The van der Waals surface area contributed by atoms with Crippen molar-refractivity contribution >= 4 is 16.7 Å². The van der Waals surface area contributed by atoms with Gasteiger partial charge in [0.1, 0.15) is 17.9 Å². The van der Waals surface area contributed by atoms with Gasteiger partial charge in [0, 0.05) is 11.9 Å². The van der Waals surface area contributed by atoms with Crippen molar-refractivity contribution in [1.82, 2.24) is 14.9 Å². The van der Waals surface area contributed by atoms with E-state index in [2.05, 4.69) is 45.3 Å². The van der Waals surface area contributed by atoms with Gasteiger partial charge < -0.3 is 9.73 Å². The summed E-state index contributed by atoms with van der Waals surface area (Å²) >= 11 is 0. The number of rotatable bonds is 5. The average Bonchev–Trinajstić information content (AvgIpc) is 3.17. The lowest BCUT2D eigenvalue weighted by Gasteiger charge is -2.33. The number of piperidine rings is 1. The summed E-state index contributed by atoms with van der Waals surface area (Å²) in [6.45, 7) is 5.11. The molecule has 1 atom stereocenters. The summed E-state index contributed by atoms with van der Waals surface area (Å²) < 4.78 is 5.73. The molecule has 0 bridgehead atoms. The molecule has 5 heteroatoms. The van der Waals surface area contributed by atoms with Crippen LogP contribution in [0.2, 0.25) is 0 Å². The molecule has 4 rings (SSSR count). The molecule has 0 aliphatic carbocycles. The van der Waals surface area contributed by atoms with Crippen LogP contribution in [0.5, 0.6) is 0 Å². The topological polar surface area (TPSA) is 54.2 Å². The fourth-order valence-corrected chi connectivity index (χ4v) is 3.63. The molecular formula is C20H24N4O. The molecule has 5 nitrogen and oxygen atoms in total. The van der Waals surface area contributed by atoms with Gasteiger partial charge in [-0.15, -0.1) is 0 Å². The third kappa shape index (κ3) is 3.51. The highest BCUT2D eigenvalue weighted by Gasteiger charge is 2.24. The Kier molecular flexibility index (Phi) is 4.65. The molecule has 1 N–H and O–H groups in total. The zero-order valence-corrected chi connectivity index (χ0v) is 14.6. The Morgan fingerprint density at radius 1 is 1.16 bits per heavy atom. The van der Waals surface area contributed by atoms with Crippen LogP contribution in [0.1, 0.15) is 36.6 Å². The molecular weight excluding hydrogens is 312 g/mol. The fourth-order valence-electron chi connectivity index (χ4n) is 3.63. The molecule has 130 valence electrons. The number of likely N-dealkylation sites (tertiary alicyclic amines) is 1. The van der Waals surface area contributed by atoms with Gasteiger partial charge in [-0.2, -0.15) is 0 Å². The van der Waals surface area contributed by atoms with Crippen molar-refractivity contribution in [3.63, 3.8) is 0 Å². The van der Waals surface area contributed by atoms with Gasteiger partial charge in [-0.3, -0.25) is 4.90 Å². The first-order valence-corrected chi connectivity index (χ1v) is 9.04. The molecule has 0 radical (unpaired) electrons. The first-order chi connectivity index (χ1) is 12.3. The Morgan fingerprint density at radius 2 is 2.04 bits per heavy atom. The molecule has 1 unspecified atom stereocenters. The van der Waals surface area contributed by atoms with Crippen LogP contribution in [0.4, 0.5) is 5.82 Å². The smallest absolute Gasteiger partial charge is 0.137 e. The van der Waals surface area contributed by atoms with E-state index in [-0.39, 0.29) is 6.04 Å². The zero-order chi connectivity index (χ0) is 17.1. The minimum absolute atomic E-state index is 0.227. The van der Waals surface area contributed by atoms with E-state index in [0.717, 1.165) is 42.1 Å². The summed E-state index contributed by atoms with van der Waals surface area (Å²) in [5.41, 5.74) is 2.18. The standard InChI is InChI=1S/C20H24N4O/c1-15-7-8-17-16(12-15)20(23-14-22-17)21-13-18(19-6-5-11-25-19)24-9-3-2-4-10-24/h5-8,11-12,14,18H,2-4,9-10,13H2,1H3,(H,21,22,23). The van der Waals surface area contributed by atoms with Crippen molar-refractivity contribution in [3.05, 3.63) is 54.2 Å². The lowest BCUT2D eigenvalue weighted by molar-refractivity contribution is 0.153. The van der Waals surface area contributed by atoms with E-state index in [1.165, 1.54) is 24.8 Å². The van der Waals surface area contributed by atoms with E-state index in [1.54, 1.807) is 12.6 Å². The van der Waals surface area contributed by atoms with Crippen molar-refractivity contribution in [2.45, 2.75) is 32.2 Å². The van der Waals surface area contributed by atoms with Crippen LogP contribution in [0.15, 0.2) is 47.3 Å². The lowest BCUT2D eigenvalue weighted by atomic mass is 10.1. The van der Waals surface area contributed by atoms with Gasteiger partial charge in [0.05, 0.1) is 17.8 Å². The average molecular weight is 336 g/mol. The Hall–Kier alpha value is -2.40. The zero-order valence-electron chi connectivity index (χ0n) is 14.6. The number of anilines is 1. The number of hydrogen-bond acceptors (Lipinski definition) is 5. The summed E-state index contributed by atoms with van der Waals surface area (Å²) in [5.74, 6) is 1.91. The van der Waals surface area contributed by atoms with Crippen LogP contribution >= 0.6 is 0 Å². The van der Waals surface area contributed by atoms with Gasteiger partial charge in [-0.25, -0.2) is 9.97 Å². The van der Waals surface area contributed by atoms with Crippen LogP contribution in [0.25, 0.3) is 10.9 Å². The van der Waals surface area contributed by atoms with Crippen LogP contribution < -0.4 is 5.32 Å². The van der Waals surface area contributed by atoms with Gasteiger partial charge in [0.25, 0.3) is 0 Å². The molecule has 1 saturated heterocycles. The molecule has 1 fully saturated rings. The van der Waals surface area contributed by atoms with Crippen molar-refractivity contribution in [3.8, 4) is 0 Å². The number of furan rings is 1. The molecule has 2 aromatic heterocycles. The molecule has 1 aliphatic heterocycles. The molecule has 3 aromatic rings. The second-order valence-corrected chi connectivity index (χ2v) is 6.75. The highest BCUT2D eigenvalue weighted by molar-refractivity contribution is 5.89. The highest BCUT2D eigenvalue weighted by Crippen LogP contribution is 2.27. The fraction of sp³-hybridized carbons (Fsp3) is 0.400. The van der Waals surface area contributed by atoms with Crippen molar-refractivity contribution in [2.24, 2.45) is 0 Å². The van der Waals surface area contributed by atoms with E-state index >= 15 is 0 Å². The minimum Gasteiger partial charge on any atom is -0.468 e. The molecule has 1 aromatic carbocycles. The SMILES string of the molecule is Cc1ccc2ncnc(NCC(c3ccco3)N3CCCCC3)c2c1. The number of aromatic nitrogens is 2. The van der Waals surface area contributed by atoms with Gasteiger partial charge in [-0.05, 0) is 57.1 Å². The third-order valence-corrected chi connectivity index (χ3v) is 4.96. The summed E-state index contributed by atoms with van der Waals surface area (Å²) in [5, 5.41) is 4.62. The summed E-state index contributed by atoms with van der Waals surface area (Å²) in [4.78, 5) is 11.4. The maximum atomic E-state index is 5.73. The minimum atomic E-state index is 0.227. The Bertz CT molecular complexity index is 825. The maximum absolute atomic E-state index is 5.73. The van der Waals surface area contributed by atoms with Crippen LogP contribution in [0.3, 0.4) is 0 Å². The number of fused-ring (bicyclic) bond motifs is 1. The summed E-state index contributed by atoms with van der Waals surface area (Å²) in [7, 11) is 0. The predicted molar refractivity (Wildman–Crippen MR) is 99.6 cm³/mol. The van der Waals surface area contributed by atoms with Crippen molar-refractivity contribution in [2.75, 3.05) is 25.0 Å². The number of nitrogens with one attached hydrogen (secondary N) is 1. The highest BCUT2D eigenvalue weighted by atomic mass is 16.3. The Labute approximate surface area is 148 Å². The predicted octanol–water partition coefficient (Wildman–Crippen LogP) is 4.17. The van der Waals surface area contributed by atoms with Crippen LogP contribution in [-0.2, 0) is 0 Å². The van der Waals surface area contributed by atoms with Crippen molar-refractivity contribution in [1.29, 1.82) is 0 Å². The number of nitrogens with zero attached hydrogens (tertiary/aromatic N) is 3. The van der Waals surface area contributed by atoms with Gasteiger partial charge >= 0.3 is 0 Å². The van der Waals surface area contributed by atoms with E-state index < -0.39 is 0 Å². The first kappa shape index (κ1) is 16.1. The molecule has 25 heavy (non-hydrogen) atoms. The lowest BCUT2D eigenvalue weighted by Crippen LogP contribution is -2.37.